The van der Waals surface area contributed by atoms with E-state index in [0.29, 0.717) is 43.9 Å². The molecule has 1 unspecified atom stereocenters. The van der Waals surface area contributed by atoms with Crippen molar-refractivity contribution < 1.29 is 36.6 Å². The van der Waals surface area contributed by atoms with Gasteiger partial charge in [-0.05, 0) is 66.9 Å². The number of rotatable bonds is 8. The molecule has 0 saturated carbocycles. The number of sulfonamides is 1. The van der Waals surface area contributed by atoms with E-state index in [4.69, 9.17) is 25.8 Å². The fourth-order valence-electron chi connectivity index (χ4n) is 6.60. The molecular formula is C33H36ClFN4O7S. The number of likely N-dealkylation sites (tertiary alicyclic amines) is 1. The van der Waals surface area contributed by atoms with Crippen molar-refractivity contribution in [2.45, 2.75) is 36.0 Å². The standard InChI is InChI=1S/C33H36ClFN4O7S/c1-36(2)32(41)46-30-5-4-14-38(30)33(26-12-6-22(19-29(26)44-3)21-37-15-17-45-18-16-37)27-20-23(34)7-13-28(27)39(31(33)40)47(42,43)25-10-8-24(35)9-11-25/h6-13,19-20,30H,4-5,14-18,21H2,1-3H3/t30-,33?/m0/s1. The third kappa shape index (κ3) is 5.84. The smallest absolute Gasteiger partial charge is 0.410 e. The molecule has 3 aromatic carbocycles. The average molecular weight is 687 g/mol. The molecular weight excluding hydrogens is 651 g/mol. The zero-order valence-corrected chi connectivity index (χ0v) is 27.9. The Kier molecular flexibility index (Phi) is 9.20. The van der Waals surface area contributed by atoms with E-state index >= 15 is 4.79 Å². The lowest BCUT2D eigenvalue weighted by atomic mass is 9.81. The number of carbonyl (C=O) groups excluding carboxylic acids is 2. The van der Waals surface area contributed by atoms with Gasteiger partial charge in [-0.25, -0.2) is 26.8 Å². The van der Waals surface area contributed by atoms with Crippen molar-refractivity contribution in [2.75, 3.05) is 58.4 Å². The summed E-state index contributed by atoms with van der Waals surface area (Å²) >= 11 is 6.58. The Balaban J connectivity index is 1.57. The molecule has 6 rings (SSSR count). The van der Waals surface area contributed by atoms with Crippen LogP contribution in [0.25, 0.3) is 0 Å². The maximum absolute atomic E-state index is 15.3. The number of benzene rings is 3. The third-order valence-corrected chi connectivity index (χ3v) is 10.8. The number of amides is 2. The van der Waals surface area contributed by atoms with Crippen LogP contribution in [-0.2, 0) is 36.4 Å². The highest BCUT2D eigenvalue weighted by atomic mass is 35.5. The molecule has 0 aromatic heterocycles. The van der Waals surface area contributed by atoms with Crippen LogP contribution in [0.2, 0.25) is 5.02 Å². The van der Waals surface area contributed by atoms with Gasteiger partial charge in [-0.3, -0.25) is 9.69 Å². The van der Waals surface area contributed by atoms with E-state index in [-0.39, 0.29) is 27.7 Å². The number of methoxy groups -OCH3 is 1. The highest BCUT2D eigenvalue weighted by Crippen LogP contribution is 2.55. The minimum Gasteiger partial charge on any atom is -0.496 e. The van der Waals surface area contributed by atoms with Gasteiger partial charge >= 0.3 is 6.09 Å². The highest BCUT2D eigenvalue weighted by molar-refractivity contribution is 7.93. The summed E-state index contributed by atoms with van der Waals surface area (Å²) in [4.78, 5) is 33.1. The highest BCUT2D eigenvalue weighted by Gasteiger charge is 2.63. The van der Waals surface area contributed by atoms with Crippen molar-refractivity contribution in [3.63, 3.8) is 0 Å². The van der Waals surface area contributed by atoms with E-state index in [9.17, 15) is 17.6 Å². The zero-order chi connectivity index (χ0) is 33.5. The Morgan fingerprint density at radius 3 is 2.45 bits per heavy atom. The minimum atomic E-state index is -4.57. The summed E-state index contributed by atoms with van der Waals surface area (Å²) in [6.07, 6.45) is -0.560. The Morgan fingerprint density at radius 2 is 1.77 bits per heavy atom. The topological polar surface area (TPSA) is 109 Å². The molecule has 3 aliphatic rings. The molecule has 14 heteroatoms. The van der Waals surface area contributed by atoms with Crippen molar-refractivity contribution >= 4 is 39.3 Å². The quantitative estimate of drug-likeness (QED) is 0.340. The van der Waals surface area contributed by atoms with E-state index in [1.807, 2.05) is 12.1 Å². The number of hydrogen-bond donors (Lipinski definition) is 0. The first-order valence-corrected chi connectivity index (χ1v) is 17.1. The Hall–Kier alpha value is -3.75. The number of anilines is 1. The average Bonchev–Trinajstić information content (AvgIpc) is 3.61. The van der Waals surface area contributed by atoms with Crippen molar-refractivity contribution in [1.29, 1.82) is 0 Å². The van der Waals surface area contributed by atoms with E-state index in [2.05, 4.69) is 4.90 Å². The second-order valence-electron chi connectivity index (χ2n) is 11.9. The lowest BCUT2D eigenvalue weighted by Crippen LogP contribution is -2.57. The van der Waals surface area contributed by atoms with Gasteiger partial charge in [-0.2, -0.15) is 0 Å². The van der Waals surface area contributed by atoms with Gasteiger partial charge in [0.1, 0.15) is 11.6 Å². The lowest BCUT2D eigenvalue weighted by Gasteiger charge is -2.41. The summed E-state index contributed by atoms with van der Waals surface area (Å²) in [5.74, 6) is -1.10. The Morgan fingerprint density at radius 1 is 1.04 bits per heavy atom. The van der Waals surface area contributed by atoms with E-state index in [0.717, 1.165) is 47.2 Å². The molecule has 3 aliphatic heterocycles. The van der Waals surface area contributed by atoms with Crippen LogP contribution in [0.15, 0.2) is 65.6 Å². The first-order chi connectivity index (χ1) is 22.5. The van der Waals surface area contributed by atoms with Crippen molar-refractivity contribution in [1.82, 2.24) is 14.7 Å². The Bertz CT molecular complexity index is 1790. The predicted molar refractivity (Wildman–Crippen MR) is 172 cm³/mol. The molecule has 2 amide bonds. The van der Waals surface area contributed by atoms with E-state index in [1.54, 1.807) is 31.1 Å². The number of ether oxygens (including phenoxy) is 3. The van der Waals surface area contributed by atoms with Crippen LogP contribution in [0.5, 0.6) is 5.75 Å². The summed E-state index contributed by atoms with van der Waals surface area (Å²) in [6, 6.07) is 14.3. The number of hydrogen-bond acceptors (Lipinski definition) is 9. The SMILES string of the molecule is COc1cc(CN2CCOCC2)ccc1C1(N2CCC[C@@H]2OC(=O)N(C)C)C(=O)N(S(=O)(=O)c2ccc(F)cc2)c2ccc(Cl)cc21. The maximum atomic E-state index is 15.3. The lowest BCUT2D eigenvalue weighted by molar-refractivity contribution is -0.132. The summed E-state index contributed by atoms with van der Waals surface area (Å²) < 4.78 is 60.6. The van der Waals surface area contributed by atoms with Crippen molar-refractivity contribution in [3.05, 3.63) is 88.2 Å². The molecule has 0 radical (unpaired) electrons. The summed E-state index contributed by atoms with van der Waals surface area (Å²) in [6.45, 7) is 3.69. The van der Waals surface area contributed by atoms with Gasteiger partial charge in [0, 0.05) is 56.4 Å². The molecule has 3 heterocycles. The van der Waals surface area contributed by atoms with Crippen LogP contribution in [0.1, 0.15) is 29.5 Å². The van der Waals surface area contributed by atoms with Crippen LogP contribution in [0.3, 0.4) is 0 Å². The summed E-state index contributed by atoms with van der Waals surface area (Å²) in [5, 5.41) is 0.269. The number of halogens is 2. The van der Waals surface area contributed by atoms with Crippen molar-refractivity contribution in [2.24, 2.45) is 0 Å². The summed E-state index contributed by atoms with van der Waals surface area (Å²) in [5.41, 5.74) is -0.194. The van der Waals surface area contributed by atoms with E-state index < -0.39 is 39.6 Å². The van der Waals surface area contributed by atoms with Crippen LogP contribution in [-0.4, -0.2) is 95.4 Å². The van der Waals surface area contributed by atoms with Gasteiger partial charge in [0.2, 0.25) is 0 Å². The first kappa shape index (κ1) is 33.2. The number of nitrogens with zero attached hydrogens (tertiary/aromatic N) is 4. The van der Waals surface area contributed by atoms with Crippen LogP contribution in [0, 0.1) is 5.82 Å². The summed E-state index contributed by atoms with van der Waals surface area (Å²) in [7, 11) is 0.0336. The van der Waals surface area contributed by atoms with Gasteiger partial charge in [-0.15, -0.1) is 0 Å². The van der Waals surface area contributed by atoms with Crippen LogP contribution >= 0.6 is 11.6 Å². The van der Waals surface area contributed by atoms with Crippen LogP contribution in [0.4, 0.5) is 14.9 Å². The van der Waals surface area contributed by atoms with Gasteiger partial charge in [0.05, 0.1) is 30.9 Å². The monoisotopic (exact) mass is 686 g/mol. The molecule has 11 nitrogen and oxygen atoms in total. The molecule has 2 fully saturated rings. The molecule has 2 saturated heterocycles. The Labute approximate surface area is 278 Å². The maximum Gasteiger partial charge on any atom is 0.410 e. The molecule has 0 N–H and O–H groups in total. The fraction of sp³-hybridized carbons (Fsp3) is 0.394. The molecule has 3 aromatic rings. The van der Waals surface area contributed by atoms with Crippen molar-refractivity contribution in [3.8, 4) is 5.75 Å². The van der Waals surface area contributed by atoms with Gasteiger partial charge in [0.25, 0.3) is 15.9 Å². The number of carbonyl (C=O) groups is 2. The van der Waals surface area contributed by atoms with Crippen LogP contribution < -0.4 is 9.04 Å². The largest absolute Gasteiger partial charge is 0.496 e. The molecule has 250 valence electrons. The molecule has 47 heavy (non-hydrogen) atoms. The predicted octanol–water partition coefficient (Wildman–Crippen LogP) is 4.42. The normalized spacial score (nSPS) is 21.9. The molecule has 0 spiro atoms. The first-order valence-electron chi connectivity index (χ1n) is 15.3. The van der Waals surface area contributed by atoms with Gasteiger partial charge in [-0.1, -0.05) is 23.7 Å². The number of morpholine rings is 1. The fourth-order valence-corrected chi connectivity index (χ4v) is 8.24. The number of fused-ring (bicyclic) bond motifs is 1. The second-order valence-corrected chi connectivity index (χ2v) is 14.1. The molecule has 0 bridgehead atoms. The van der Waals surface area contributed by atoms with Gasteiger partial charge in [0.15, 0.2) is 11.8 Å². The second kappa shape index (κ2) is 13.0. The minimum absolute atomic E-state index is 0.0766. The van der Waals surface area contributed by atoms with E-state index in [1.165, 1.54) is 24.1 Å². The molecule has 2 atom stereocenters. The van der Waals surface area contributed by atoms with Gasteiger partial charge < -0.3 is 19.1 Å². The third-order valence-electron chi connectivity index (χ3n) is 8.81. The zero-order valence-electron chi connectivity index (χ0n) is 26.3. The molecule has 0 aliphatic carbocycles.